The highest BCUT2D eigenvalue weighted by molar-refractivity contribution is 8.30. The van der Waals surface area contributed by atoms with Gasteiger partial charge in [-0.25, -0.2) is 4.79 Å². The van der Waals surface area contributed by atoms with E-state index < -0.39 is 14.6 Å². The summed E-state index contributed by atoms with van der Waals surface area (Å²) in [7, 11) is -4.12. The van der Waals surface area contributed by atoms with E-state index in [0.717, 1.165) is 0 Å². The molecule has 0 saturated heterocycles. The molecule has 0 fully saturated rings. The summed E-state index contributed by atoms with van der Waals surface area (Å²) in [4.78, 5) is 12.1. The maximum atomic E-state index is 12.8. The van der Waals surface area contributed by atoms with Crippen LogP contribution in [0.5, 0.6) is 0 Å². The van der Waals surface area contributed by atoms with Crippen LogP contribution in [-0.2, 0) is 14.0 Å². The highest BCUT2D eigenvalue weighted by Gasteiger charge is 2.42. The van der Waals surface area contributed by atoms with Crippen LogP contribution in [0.3, 0.4) is 0 Å². The maximum absolute atomic E-state index is 12.8. The highest BCUT2D eigenvalue weighted by atomic mass is 32.3. The molecule has 0 aliphatic rings. The zero-order chi connectivity index (χ0) is 13.1. The van der Waals surface area contributed by atoms with Crippen molar-refractivity contribution in [1.29, 1.82) is 0 Å². The van der Waals surface area contributed by atoms with Crippen molar-refractivity contribution in [3.8, 4) is 0 Å². The van der Waals surface area contributed by atoms with Crippen LogP contribution < -0.4 is 10.9 Å². The Labute approximate surface area is 101 Å². The molecule has 0 unspecified atom stereocenters. The lowest BCUT2D eigenvalue weighted by Gasteiger charge is -2.34. The zero-order valence-electron chi connectivity index (χ0n) is 10.0. The summed E-state index contributed by atoms with van der Waals surface area (Å²) in [5, 5.41) is 5.01. The molecule has 0 aliphatic heterocycles. The molecule has 1 aromatic carbocycles. The molecule has 0 heterocycles. The second-order valence-corrected chi connectivity index (χ2v) is 7.44. The standard InChI is InChI=1S/C11H18N2O3S/c1-3-16-11(14)17(13,15,4-2)10-7-5-9(12)6-8-10/h5-8H,3-4,12H2,1-2H3,(H2,13,15). The first kappa shape index (κ1) is 13.7. The van der Waals surface area contributed by atoms with Crippen molar-refractivity contribution in [3.63, 3.8) is 0 Å². The minimum absolute atomic E-state index is 0.0000482. The number of benzene rings is 1. The van der Waals surface area contributed by atoms with Gasteiger partial charge < -0.3 is 10.5 Å². The molecule has 0 saturated carbocycles. The summed E-state index contributed by atoms with van der Waals surface area (Å²) < 4.78 is 17.6. The quantitative estimate of drug-likeness (QED) is 0.634. The molecule has 5 nitrogen and oxygen atoms in total. The molecule has 0 atom stereocenters. The van der Waals surface area contributed by atoms with E-state index in [0.29, 0.717) is 5.69 Å². The molecule has 6 heteroatoms. The van der Waals surface area contributed by atoms with E-state index in [4.69, 9.17) is 15.6 Å². The summed E-state index contributed by atoms with van der Waals surface area (Å²) >= 11 is 0. The molecule has 17 heavy (non-hydrogen) atoms. The first-order chi connectivity index (χ1) is 7.84. The fourth-order valence-electron chi connectivity index (χ4n) is 1.39. The summed E-state index contributed by atoms with van der Waals surface area (Å²) in [6.07, 6.45) is 0. The minimum atomic E-state index is -4.12. The number of carbonyl (C=O) groups is 1. The van der Waals surface area contributed by atoms with Crippen LogP contribution in [0.15, 0.2) is 29.2 Å². The van der Waals surface area contributed by atoms with Crippen molar-refractivity contribution in [2.24, 2.45) is 5.14 Å². The van der Waals surface area contributed by atoms with E-state index in [1.54, 1.807) is 26.0 Å². The van der Waals surface area contributed by atoms with Crippen LogP contribution in [-0.4, -0.2) is 21.9 Å². The van der Waals surface area contributed by atoms with Crippen molar-refractivity contribution in [2.75, 3.05) is 18.1 Å². The van der Waals surface area contributed by atoms with Crippen molar-refractivity contribution in [1.82, 2.24) is 0 Å². The monoisotopic (exact) mass is 258 g/mol. The van der Waals surface area contributed by atoms with E-state index >= 15 is 0 Å². The Balaban J connectivity index is 3.32. The Morgan fingerprint density at radius 1 is 1.29 bits per heavy atom. The van der Waals surface area contributed by atoms with Gasteiger partial charge in [0.1, 0.15) is 0 Å². The van der Waals surface area contributed by atoms with Gasteiger partial charge in [-0.3, -0.25) is 9.35 Å². The van der Waals surface area contributed by atoms with E-state index in [-0.39, 0.29) is 17.3 Å². The minimum Gasteiger partial charge on any atom is -0.456 e. The third kappa shape index (κ3) is 2.32. The van der Waals surface area contributed by atoms with E-state index in [1.807, 2.05) is 0 Å². The van der Waals surface area contributed by atoms with Crippen LogP contribution in [0.2, 0.25) is 0 Å². The zero-order valence-corrected chi connectivity index (χ0v) is 10.8. The smallest absolute Gasteiger partial charge is 0.392 e. The van der Waals surface area contributed by atoms with Gasteiger partial charge in [-0.05, 0) is 31.2 Å². The molecule has 1 aromatic rings. The predicted molar refractivity (Wildman–Crippen MR) is 69.0 cm³/mol. The van der Waals surface area contributed by atoms with Gasteiger partial charge in [-0.15, -0.1) is 0 Å². The number of hydrogen-bond acceptors (Lipinski definition) is 4. The first-order valence-electron chi connectivity index (χ1n) is 5.32. The lowest BCUT2D eigenvalue weighted by atomic mass is 10.3. The van der Waals surface area contributed by atoms with Gasteiger partial charge in [-0.2, -0.15) is 0 Å². The largest absolute Gasteiger partial charge is 0.456 e. The van der Waals surface area contributed by atoms with Crippen LogP contribution in [0, 0.1) is 0 Å². The molecule has 0 radical (unpaired) electrons. The molecular formula is C11H18N2O3S. The number of anilines is 1. The third-order valence-corrected chi connectivity index (χ3v) is 5.90. The number of nitrogens with two attached hydrogens (primary N) is 2. The Kier molecular flexibility index (Phi) is 3.59. The van der Waals surface area contributed by atoms with Gasteiger partial charge in [0.15, 0.2) is 0 Å². The van der Waals surface area contributed by atoms with Crippen LogP contribution in [0.1, 0.15) is 13.8 Å². The van der Waals surface area contributed by atoms with E-state index in [9.17, 15) is 9.00 Å². The number of hydrogen-bond donors (Lipinski definition) is 2. The van der Waals surface area contributed by atoms with Gasteiger partial charge in [0.25, 0.3) is 0 Å². The second kappa shape index (κ2) is 4.46. The van der Waals surface area contributed by atoms with Gasteiger partial charge >= 0.3 is 5.30 Å². The highest BCUT2D eigenvalue weighted by Crippen LogP contribution is 2.32. The number of ether oxygens (including phenoxy) is 1. The molecule has 0 spiro atoms. The predicted octanol–water partition coefficient (Wildman–Crippen LogP) is 1.50. The van der Waals surface area contributed by atoms with Gasteiger partial charge in [0, 0.05) is 16.3 Å². The second-order valence-electron chi connectivity index (χ2n) is 3.71. The molecular weight excluding hydrogens is 240 g/mol. The fraction of sp³-hybridized carbons (Fsp3) is 0.364. The summed E-state index contributed by atoms with van der Waals surface area (Å²) in [5.74, 6) is -0.0000482. The molecule has 1 rings (SSSR count). The van der Waals surface area contributed by atoms with Gasteiger partial charge in [0.05, 0.1) is 15.9 Å². The molecule has 0 aromatic heterocycles. The summed E-state index contributed by atoms with van der Waals surface area (Å²) in [6.45, 7) is 3.38. The van der Waals surface area contributed by atoms with Crippen LogP contribution >= 0.6 is 0 Å². The van der Waals surface area contributed by atoms with Gasteiger partial charge in [0.2, 0.25) is 0 Å². The Morgan fingerprint density at radius 3 is 2.24 bits per heavy atom. The van der Waals surface area contributed by atoms with E-state index in [1.165, 1.54) is 12.1 Å². The first-order valence-corrected chi connectivity index (χ1v) is 7.52. The van der Waals surface area contributed by atoms with Crippen molar-refractivity contribution >= 4 is 20.2 Å². The molecule has 0 amide bonds. The number of rotatable bonds is 3. The summed E-state index contributed by atoms with van der Waals surface area (Å²) in [5.41, 5.74) is 6.06. The van der Waals surface area contributed by atoms with E-state index in [2.05, 4.69) is 0 Å². The number of carbonyl (C=O) groups excluding carboxylic acids is 1. The van der Waals surface area contributed by atoms with Gasteiger partial charge in [-0.1, -0.05) is 6.92 Å². The Morgan fingerprint density at radius 2 is 1.82 bits per heavy atom. The normalized spacial score (nSPS) is 13.7. The van der Waals surface area contributed by atoms with Crippen molar-refractivity contribution in [2.45, 2.75) is 18.7 Å². The average Bonchev–Trinajstić information content (AvgIpc) is 2.30. The molecule has 4 N–H and O–H groups in total. The lowest BCUT2D eigenvalue weighted by Crippen LogP contribution is -2.52. The van der Waals surface area contributed by atoms with Crippen molar-refractivity contribution < 1.29 is 13.7 Å². The summed E-state index contributed by atoms with van der Waals surface area (Å²) in [6, 6.07) is 6.13. The SMILES string of the molecule is CCOC(=O)S(N)(=O)(CC)c1ccc(N)cc1. The fourth-order valence-corrected chi connectivity index (χ4v) is 3.26. The Hall–Kier alpha value is -1.40. The number of nitrogen functional groups attached to an aromatic ring is 1. The van der Waals surface area contributed by atoms with Crippen LogP contribution in [0.25, 0.3) is 0 Å². The molecule has 0 aliphatic carbocycles. The van der Waals surface area contributed by atoms with Crippen molar-refractivity contribution in [3.05, 3.63) is 24.3 Å². The Bertz CT molecular complexity index is 484. The lowest BCUT2D eigenvalue weighted by molar-refractivity contribution is 0.178. The van der Waals surface area contributed by atoms with Crippen LogP contribution in [0.4, 0.5) is 10.5 Å². The molecule has 0 bridgehead atoms. The molecule has 96 valence electrons. The maximum Gasteiger partial charge on any atom is 0.392 e. The topological polar surface area (TPSA) is 95.4 Å². The average molecular weight is 258 g/mol. The third-order valence-electron chi connectivity index (χ3n) is 2.60.